The maximum atomic E-state index is 5.85. The fourth-order valence-corrected chi connectivity index (χ4v) is 1.80. The van der Waals surface area contributed by atoms with Crippen LogP contribution < -0.4 is 11.2 Å². The van der Waals surface area contributed by atoms with Crippen molar-refractivity contribution in [3.8, 4) is 0 Å². The van der Waals surface area contributed by atoms with Gasteiger partial charge in [0.2, 0.25) is 0 Å². The van der Waals surface area contributed by atoms with E-state index in [9.17, 15) is 0 Å². The normalized spacial score (nSPS) is 21.0. The van der Waals surface area contributed by atoms with E-state index < -0.39 is 6.29 Å². The van der Waals surface area contributed by atoms with Crippen molar-refractivity contribution < 1.29 is 0 Å². The molecule has 1 aromatic carbocycles. The minimum absolute atomic E-state index is 0.459. The van der Waals surface area contributed by atoms with Gasteiger partial charge in [0, 0.05) is 12.6 Å². The standard InChI is InChI=1S/C10H13N5S/c1-12-15-10(11)13-9(14(15)7-16)8-5-3-2-4-6-8/h2-7,10,12H,11H2,1H3. The van der Waals surface area contributed by atoms with Gasteiger partial charge in [-0.15, -0.1) is 5.12 Å². The molecule has 6 heteroatoms. The van der Waals surface area contributed by atoms with Crippen LogP contribution in [0.2, 0.25) is 0 Å². The summed E-state index contributed by atoms with van der Waals surface area (Å²) in [6.45, 7) is 0. The van der Waals surface area contributed by atoms with Gasteiger partial charge >= 0.3 is 0 Å². The molecule has 16 heavy (non-hydrogen) atoms. The second-order valence-corrected chi connectivity index (χ2v) is 3.46. The third kappa shape index (κ3) is 1.83. The van der Waals surface area contributed by atoms with Gasteiger partial charge < -0.3 is 0 Å². The second kappa shape index (κ2) is 4.67. The lowest BCUT2D eigenvalue weighted by Crippen LogP contribution is -2.53. The predicted molar refractivity (Wildman–Crippen MR) is 67.3 cm³/mol. The van der Waals surface area contributed by atoms with Crippen LogP contribution in [0.1, 0.15) is 5.56 Å². The molecule has 1 atom stereocenters. The van der Waals surface area contributed by atoms with Crippen molar-refractivity contribution in [2.24, 2.45) is 10.7 Å². The van der Waals surface area contributed by atoms with Gasteiger partial charge in [-0.05, 0) is 0 Å². The lowest BCUT2D eigenvalue weighted by Gasteiger charge is -2.27. The summed E-state index contributed by atoms with van der Waals surface area (Å²) in [5, 5.41) is 3.38. The highest BCUT2D eigenvalue weighted by Crippen LogP contribution is 2.14. The third-order valence-corrected chi connectivity index (χ3v) is 2.51. The van der Waals surface area contributed by atoms with Crippen molar-refractivity contribution >= 4 is 23.5 Å². The van der Waals surface area contributed by atoms with Crippen LogP contribution in [0.25, 0.3) is 0 Å². The zero-order chi connectivity index (χ0) is 11.5. The summed E-state index contributed by atoms with van der Waals surface area (Å²) in [5.74, 6) is 0.748. The third-order valence-electron chi connectivity index (χ3n) is 2.32. The smallest absolute Gasteiger partial charge is 0.187 e. The van der Waals surface area contributed by atoms with Gasteiger partial charge in [-0.25, -0.2) is 15.4 Å². The molecule has 0 amide bonds. The van der Waals surface area contributed by atoms with Crippen molar-refractivity contribution in [3.05, 3.63) is 35.9 Å². The van der Waals surface area contributed by atoms with E-state index in [2.05, 4.69) is 10.4 Å². The van der Waals surface area contributed by atoms with Gasteiger partial charge in [-0.3, -0.25) is 5.73 Å². The molecule has 3 N–H and O–H groups in total. The van der Waals surface area contributed by atoms with Crippen LogP contribution in [0.4, 0.5) is 0 Å². The highest BCUT2D eigenvalue weighted by Gasteiger charge is 2.30. The minimum atomic E-state index is -0.459. The number of hydrogen-bond acceptors (Lipinski definition) is 5. The van der Waals surface area contributed by atoms with E-state index in [4.69, 9.17) is 18.0 Å². The zero-order valence-electron chi connectivity index (χ0n) is 8.87. The summed E-state index contributed by atoms with van der Waals surface area (Å²) >= 11 is 4.97. The lowest BCUT2D eigenvalue weighted by atomic mass is 10.2. The molecule has 5 nitrogen and oxygen atoms in total. The molecule has 1 aromatic rings. The van der Waals surface area contributed by atoms with E-state index in [1.54, 1.807) is 17.2 Å². The van der Waals surface area contributed by atoms with Crippen LogP contribution in [-0.4, -0.2) is 34.8 Å². The monoisotopic (exact) mass is 235 g/mol. The first-order valence-corrected chi connectivity index (χ1v) is 5.35. The lowest BCUT2D eigenvalue weighted by molar-refractivity contribution is 0.0406. The Hall–Kier alpha value is -1.34. The minimum Gasteiger partial charge on any atom is -0.295 e. The van der Waals surface area contributed by atoms with Gasteiger partial charge in [-0.2, -0.15) is 0 Å². The Morgan fingerprint density at radius 1 is 1.44 bits per heavy atom. The number of rotatable bonds is 3. The molecule has 0 radical (unpaired) electrons. The quantitative estimate of drug-likeness (QED) is 0.738. The largest absolute Gasteiger partial charge is 0.295 e. The molecule has 2 rings (SSSR count). The number of amidine groups is 1. The molecule has 0 bridgehead atoms. The van der Waals surface area contributed by atoms with Crippen molar-refractivity contribution in [2.75, 3.05) is 7.05 Å². The van der Waals surface area contributed by atoms with Gasteiger partial charge in [0.15, 0.2) is 12.1 Å². The van der Waals surface area contributed by atoms with Gasteiger partial charge in [0.05, 0.1) is 5.49 Å². The summed E-state index contributed by atoms with van der Waals surface area (Å²) in [7, 11) is 1.77. The summed E-state index contributed by atoms with van der Waals surface area (Å²) in [5.41, 5.74) is 11.3. The molecule has 1 aliphatic rings. The van der Waals surface area contributed by atoms with E-state index in [1.807, 2.05) is 30.3 Å². The molecule has 0 aliphatic carbocycles. The van der Waals surface area contributed by atoms with E-state index in [0.29, 0.717) is 0 Å². The molecule has 1 heterocycles. The SMILES string of the molecule is CNN1C(N)N=C(c2ccccc2)N1C=S. The molecule has 0 saturated heterocycles. The number of thiocarbonyl (C=S) groups is 1. The van der Waals surface area contributed by atoms with E-state index in [0.717, 1.165) is 11.4 Å². The van der Waals surface area contributed by atoms with Crippen molar-refractivity contribution in [1.29, 1.82) is 0 Å². The average molecular weight is 235 g/mol. The fraction of sp³-hybridized carbons (Fsp3) is 0.200. The first-order valence-electron chi connectivity index (χ1n) is 4.88. The summed E-state index contributed by atoms with van der Waals surface area (Å²) in [6.07, 6.45) is -0.459. The fourth-order valence-electron chi connectivity index (χ4n) is 1.60. The van der Waals surface area contributed by atoms with Crippen LogP contribution in [0.15, 0.2) is 35.3 Å². The van der Waals surface area contributed by atoms with Crippen molar-refractivity contribution in [2.45, 2.75) is 6.29 Å². The van der Waals surface area contributed by atoms with Crippen LogP contribution >= 0.6 is 12.2 Å². The average Bonchev–Trinajstić information content (AvgIpc) is 2.66. The van der Waals surface area contributed by atoms with E-state index in [1.165, 1.54) is 5.49 Å². The Labute approximate surface area is 99.5 Å². The molecule has 0 fully saturated rings. The molecular weight excluding hydrogens is 222 g/mol. The number of nitrogens with one attached hydrogen (secondary N) is 1. The van der Waals surface area contributed by atoms with Gasteiger partial charge in [0.1, 0.15) is 0 Å². The van der Waals surface area contributed by atoms with Crippen molar-refractivity contribution in [1.82, 2.24) is 15.6 Å². The van der Waals surface area contributed by atoms with Crippen LogP contribution in [0.3, 0.4) is 0 Å². The maximum Gasteiger partial charge on any atom is 0.187 e. The highest BCUT2D eigenvalue weighted by molar-refractivity contribution is 7.78. The Bertz CT molecular complexity index is 405. The van der Waals surface area contributed by atoms with E-state index >= 15 is 0 Å². The number of nitrogens with two attached hydrogens (primary N) is 1. The number of aliphatic imine (C=N–C) groups is 1. The predicted octanol–water partition coefficient (Wildman–Crippen LogP) is 0.300. The Morgan fingerprint density at radius 3 is 2.69 bits per heavy atom. The molecular formula is C10H13N5S. The molecule has 0 spiro atoms. The second-order valence-electron chi connectivity index (χ2n) is 3.25. The van der Waals surface area contributed by atoms with Crippen LogP contribution in [0, 0.1) is 0 Å². The summed E-state index contributed by atoms with van der Waals surface area (Å²) in [4.78, 5) is 4.35. The van der Waals surface area contributed by atoms with Gasteiger partial charge in [-0.1, -0.05) is 42.5 Å². The van der Waals surface area contributed by atoms with E-state index in [-0.39, 0.29) is 0 Å². The molecule has 1 aliphatic heterocycles. The summed E-state index contributed by atoms with van der Waals surface area (Å²) < 4.78 is 0. The zero-order valence-corrected chi connectivity index (χ0v) is 9.69. The first kappa shape index (κ1) is 11.2. The Kier molecular flexibility index (Phi) is 3.25. The first-order chi connectivity index (χ1) is 7.77. The molecule has 1 unspecified atom stereocenters. The summed E-state index contributed by atoms with van der Waals surface area (Å²) in [6, 6.07) is 9.80. The number of benzene rings is 1. The number of nitrogens with zero attached hydrogens (tertiary/aromatic N) is 3. The number of hydrogen-bond donors (Lipinski definition) is 2. The number of hydrazine groups is 2. The van der Waals surface area contributed by atoms with Crippen molar-refractivity contribution in [3.63, 3.8) is 0 Å². The van der Waals surface area contributed by atoms with Crippen LogP contribution in [-0.2, 0) is 0 Å². The topological polar surface area (TPSA) is 56.9 Å². The van der Waals surface area contributed by atoms with Gasteiger partial charge in [0.25, 0.3) is 0 Å². The maximum absolute atomic E-state index is 5.85. The van der Waals surface area contributed by atoms with Crippen LogP contribution in [0.5, 0.6) is 0 Å². The molecule has 0 saturated carbocycles. The molecule has 0 aromatic heterocycles. The highest BCUT2D eigenvalue weighted by atomic mass is 32.1. The Balaban J connectivity index is 2.35. The Morgan fingerprint density at radius 2 is 2.12 bits per heavy atom. The molecule has 84 valence electrons.